The molecule has 234 valence electrons. The second kappa shape index (κ2) is 10.2. The van der Waals surface area contributed by atoms with Crippen LogP contribution in [0.1, 0.15) is 16.8 Å². The Balaban J connectivity index is 1.52. The van der Waals surface area contributed by atoms with Gasteiger partial charge in [-0.3, -0.25) is 9.59 Å². The zero-order chi connectivity index (χ0) is 31.9. The lowest BCUT2D eigenvalue weighted by Gasteiger charge is -2.29. The molecule has 5 aromatic rings. The number of sulfonamides is 1. The molecule has 0 saturated carbocycles. The van der Waals surface area contributed by atoms with Crippen LogP contribution in [0.5, 0.6) is 0 Å². The maximum Gasteiger partial charge on any atom is 0.270 e. The summed E-state index contributed by atoms with van der Waals surface area (Å²) in [6, 6.07) is 2.79. The third kappa shape index (κ3) is 4.60. The van der Waals surface area contributed by atoms with Gasteiger partial charge in [0.15, 0.2) is 11.6 Å². The number of carbonyl (C=O) groups excluding carboxylic acids is 1. The van der Waals surface area contributed by atoms with E-state index in [2.05, 4.69) is 37.1 Å². The molecule has 3 N–H and O–H groups in total. The average Bonchev–Trinajstić information content (AvgIpc) is 3.67. The summed E-state index contributed by atoms with van der Waals surface area (Å²) in [7, 11) is 1.35. The first kappa shape index (κ1) is 29.1. The zero-order valence-corrected chi connectivity index (χ0v) is 25.7. The fourth-order valence-corrected chi connectivity index (χ4v) is 7.44. The molecule has 12 nitrogen and oxygen atoms in total. The summed E-state index contributed by atoms with van der Waals surface area (Å²) >= 11 is 0. The number of aromatic nitrogens is 4. The van der Waals surface area contributed by atoms with Crippen LogP contribution in [-0.2, 0) is 17.1 Å². The van der Waals surface area contributed by atoms with Crippen molar-refractivity contribution in [1.29, 1.82) is 0 Å². The number of amides is 1. The number of benzene rings is 1. The number of aryl methyl sites for hydroxylation is 1. The Hall–Kier alpha value is -4.63. The lowest BCUT2D eigenvalue weighted by Crippen LogP contribution is -2.35. The van der Waals surface area contributed by atoms with Crippen LogP contribution in [0, 0.1) is 17.6 Å². The first-order valence-electron chi connectivity index (χ1n) is 14.3. The van der Waals surface area contributed by atoms with E-state index in [-0.39, 0.29) is 28.0 Å². The van der Waals surface area contributed by atoms with Crippen molar-refractivity contribution < 1.29 is 22.0 Å². The summed E-state index contributed by atoms with van der Waals surface area (Å²) < 4.78 is 57.5. The first-order valence-corrected chi connectivity index (χ1v) is 16.2. The van der Waals surface area contributed by atoms with Gasteiger partial charge in [0.05, 0.1) is 39.3 Å². The van der Waals surface area contributed by atoms with Gasteiger partial charge < -0.3 is 24.7 Å². The maximum absolute atomic E-state index is 15.7. The smallest absolute Gasteiger partial charge is 0.270 e. The van der Waals surface area contributed by atoms with E-state index in [4.69, 9.17) is 0 Å². The molecule has 4 aromatic heterocycles. The number of halogens is 2. The molecule has 2 aliphatic rings. The topological polar surface area (TPSA) is 145 Å². The molecule has 2 aliphatic heterocycles. The number of hydrogen-bond donors (Lipinski definition) is 3. The van der Waals surface area contributed by atoms with E-state index in [0.29, 0.717) is 51.5 Å². The van der Waals surface area contributed by atoms with Gasteiger partial charge in [-0.05, 0) is 25.5 Å². The van der Waals surface area contributed by atoms with Gasteiger partial charge in [-0.2, -0.15) is 0 Å². The number of rotatable bonds is 5. The van der Waals surface area contributed by atoms with Crippen LogP contribution in [0.2, 0.25) is 0 Å². The van der Waals surface area contributed by atoms with E-state index in [0.717, 1.165) is 31.8 Å². The van der Waals surface area contributed by atoms with E-state index >= 15 is 4.39 Å². The highest BCUT2D eigenvalue weighted by Crippen LogP contribution is 2.46. The van der Waals surface area contributed by atoms with Crippen LogP contribution in [-0.4, -0.2) is 84.8 Å². The number of aromatic amines is 1. The van der Waals surface area contributed by atoms with Crippen molar-refractivity contribution in [3.8, 4) is 11.1 Å². The van der Waals surface area contributed by atoms with Crippen molar-refractivity contribution >= 4 is 60.3 Å². The van der Waals surface area contributed by atoms with Crippen LogP contribution in [0.3, 0.4) is 0 Å². The molecule has 0 spiro atoms. The molecule has 7 rings (SSSR count). The molecule has 0 bridgehead atoms. The Morgan fingerprint density at radius 1 is 1.11 bits per heavy atom. The molecule has 2 atom stereocenters. The minimum absolute atomic E-state index is 0.0675. The first-order chi connectivity index (χ1) is 21.4. The molecule has 6 heterocycles. The Kier molecular flexibility index (Phi) is 6.60. The molecule has 1 aromatic carbocycles. The predicted octanol–water partition coefficient (Wildman–Crippen LogP) is 2.78. The number of hydrogen-bond acceptors (Lipinski definition) is 9. The second-order valence-electron chi connectivity index (χ2n) is 11.9. The van der Waals surface area contributed by atoms with Gasteiger partial charge in [0.25, 0.3) is 5.91 Å². The largest absolute Gasteiger partial charge is 0.386 e. The number of fused-ring (bicyclic) bond motifs is 5. The van der Waals surface area contributed by atoms with Crippen molar-refractivity contribution in [3.63, 3.8) is 0 Å². The summed E-state index contributed by atoms with van der Waals surface area (Å²) in [4.78, 5) is 43.1. The normalized spacial score (nSPS) is 18.8. The lowest BCUT2D eigenvalue weighted by atomic mass is 9.99. The highest BCUT2D eigenvalue weighted by molar-refractivity contribution is 7.89. The minimum Gasteiger partial charge on any atom is -0.386 e. The van der Waals surface area contributed by atoms with Gasteiger partial charge in [-0.15, -0.1) is 0 Å². The summed E-state index contributed by atoms with van der Waals surface area (Å²) in [5, 5.41) is 3.50. The van der Waals surface area contributed by atoms with Crippen molar-refractivity contribution in [2.45, 2.75) is 12.5 Å². The molecule has 2 saturated heterocycles. The summed E-state index contributed by atoms with van der Waals surface area (Å²) in [6.07, 6.45) is 6.17. The maximum atomic E-state index is 15.7. The molecule has 45 heavy (non-hydrogen) atoms. The molecule has 2 fully saturated rings. The van der Waals surface area contributed by atoms with Gasteiger partial charge in [-0.1, -0.05) is 0 Å². The van der Waals surface area contributed by atoms with E-state index in [9.17, 15) is 22.4 Å². The fourth-order valence-electron chi connectivity index (χ4n) is 7.00. The van der Waals surface area contributed by atoms with E-state index in [1.165, 1.54) is 10.8 Å². The van der Waals surface area contributed by atoms with Crippen LogP contribution in [0.4, 0.5) is 20.2 Å². The monoisotopic (exact) mass is 636 g/mol. The number of anilines is 2. The van der Waals surface area contributed by atoms with E-state index < -0.39 is 33.0 Å². The predicted molar refractivity (Wildman–Crippen MR) is 168 cm³/mol. The number of nitrogens with zero attached hydrogens (tertiary/aromatic N) is 5. The Morgan fingerprint density at radius 2 is 1.89 bits per heavy atom. The summed E-state index contributed by atoms with van der Waals surface area (Å²) in [5.41, 5.74) is 2.00. The van der Waals surface area contributed by atoms with Crippen molar-refractivity contribution in [2.75, 3.05) is 50.2 Å². The quantitative estimate of drug-likeness (QED) is 0.265. The van der Waals surface area contributed by atoms with Crippen LogP contribution in [0.15, 0.2) is 35.5 Å². The van der Waals surface area contributed by atoms with Gasteiger partial charge in [0, 0.05) is 75.6 Å². The molecule has 0 radical (unpaired) electrons. The van der Waals surface area contributed by atoms with Crippen molar-refractivity contribution in [1.82, 2.24) is 29.1 Å². The van der Waals surface area contributed by atoms with Crippen LogP contribution in [0.25, 0.3) is 44.1 Å². The molecular weight excluding hydrogens is 606 g/mol. The molecule has 15 heteroatoms. The molecule has 0 aliphatic carbocycles. The highest BCUT2D eigenvalue weighted by Gasteiger charge is 2.42. The number of likely N-dealkylation sites (N-methyl/N-ethyl adjacent to an activating group) is 1. The molecule has 0 unspecified atom stereocenters. The summed E-state index contributed by atoms with van der Waals surface area (Å²) in [5.74, 6) is -2.68. The fraction of sp³-hybridized carbons (Fsp3) is 0.333. The van der Waals surface area contributed by atoms with Gasteiger partial charge in [-0.25, -0.2) is 31.9 Å². The Morgan fingerprint density at radius 3 is 2.62 bits per heavy atom. The third-order valence-corrected chi connectivity index (χ3v) is 9.45. The highest BCUT2D eigenvalue weighted by atomic mass is 32.2. The standard InChI is InChI=1S/C30H30F2N8O4S/c1-33-20-8-19(31)24(32)22-23-26(40-6-5-14-11-38(2)13-21(14)40)17(10-34-28(23)36-25(20)22)15-7-16-27(41)18(30(42)37-45(4,43)44)12-39(3)29(16)35-9-15/h7-10,12,14,21,33H,5-6,11,13H2,1-4H3,(H,34,36)(H,37,42)/t14-,21+/m1/s1. The third-order valence-electron chi connectivity index (χ3n) is 8.90. The van der Waals surface area contributed by atoms with Crippen LogP contribution < -0.4 is 20.4 Å². The Bertz CT molecular complexity index is 2250. The minimum atomic E-state index is -3.92. The summed E-state index contributed by atoms with van der Waals surface area (Å²) in [6.45, 7) is 2.37. The van der Waals surface area contributed by atoms with E-state index in [1.54, 1.807) is 32.6 Å². The van der Waals surface area contributed by atoms with Crippen molar-refractivity contribution in [2.24, 2.45) is 13.0 Å². The average molecular weight is 637 g/mol. The number of likely N-dealkylation sites (tertiary alicyclic amines) is 1. The van der Waals surface area contributed by atoms with Gasteiger partial charge >= 0.3 is 0 Å². The zero-order valence-electron chi connectivity index (χ0n) is 24.9. The number of nitrogens with one attached hydrogen (secondary N) is 3. The number of H-pyrrole nitrogens is 1. The number of carbonyl (C=O) groups is 1. The van der Waals surface area contributed by atoms with Crippen molar-refractivity contribution in [3.05, 3.63) is 58.1 Å². The second-order valence-corrected chi connectivity index (χ2v) is 13.6. The molecular formula is C30H30F2N8O4S. The van der Waals surface area contributed by atoms with Gasteiger partial charge in [0.1, 0.15) is 16.9 Å². The van der Waals surface area contributed by atoms with Crippen LogP contribution >= 0.6 is 0 Å². The lowest BCUT2D eigenvalue weighted by molar-refractivity contribution is 0.0980. The Labute approximate surface area is 256 Å². The molecule has 1 amide bonds. The van der Waals surface area contributed by atoms with Gasteiger partial charge in [0.2, 0.25) is 15.5 Å². The SMILES string of the molecule is CNc1cc(F)c(F)c2c1[nH]c1ncc(-c3cnc4c(c3)c(=O)c(C(=O)NS(C)(=O)=O)cn4C)c(N3CC[C@@H]4CN(C)C[C@@H]43)c12. The van der Waals surface area contributed by atoms with E-state index in [1.807, 2.05) is 4.72 Å². The number of pyridine rings is 3.